The number of Topliss-reactive ketones (excluding diaryl/α,β-unsaturated/α-hetero) is 1. The number of furan rings is 1. The number of amides is 1. The fraction of sp³-hybridized carbons (Fsp3) is 0.538. The second-order valence-corrected chi connectivity index (χ2v) is 4.45. The van der Waals surface area contributed by atoms with Gasteiger partial charge in [-0.15, -0.1) is 0 Å². The van der Waals surface area contributed by atoms with Crippen molar-refractivity contribution in [2.24, 2.45) is 5.92 Å². The summed E-state index contributed by atoms with van der Waals surface area (Å²) in [5, 5.41) is 2.69. The maximum Gasteiger partial charge on any atom is 0.223 e. The first kappa shape index (κ1) is 11.9. The van der Waals surface area contributed by atoms with E-state index in [4.69, 9.17) is 4.42 Å². The Labute approximate surface area is 100 Å². The van der Waals surface area contributed by atoms with Gasteiger partial charge in [-0.2, -0.15) is 0 Å². The summed E-state index contributed by atoms with van der Waals surface area (Å²) in [6.45, 7) is 0.0306. The van der Waals surface area contributed by atoms with Crippen molar-refractivity contribution in [1.29, 1.82) is 0 Å². The minimum Gasteiger partial charge on any atom is -0.461 e. The van der Waals surface area contributed by atoms with Crippen LogP contribution >= 0.6 is 0 Å². The van der Waals surface area contributed by atoms with Crippen LogP contribution in [0.2, 0.25) is 0 Å². The van der Waals surface area contributed by atoms with Crippen LogP contribution in [0, 0.1) is 5.92 Å². The summed E-state index contributed by atoms with van der Waals surface area (Å²) < 4.78 is 4.97. The summed E-state index contributed by atoms with van der Waals surface area (Å²) >= 11 is 0. The van der Waals surface area contributed by atoms with E-state index in [0.717, 1.165) is 25.7 Å². The van der Waals surface area contributed by atoms with E-state index in [1.54, 1.807) is 12.1 Å². The summed E-state index contributed by atoms with van der Waals surface area (Å²) in [7, 11) is 0. The molecule has 1 aliphatic rings. The van der Waals surface area contributed by atoms with Gasteiger partial charge in [-0.05, 0) is 25.0 Å². The second-order valence-electron chi connectivity index (χ2n) is 4.45. The molecule has 0 bridgehead atoms. The van der Waals surface area contributed by atoms with E-state index < -0.39 is 0 Å². The molecule has 0 aliphatic heterocycles. The van der Waals surface area contributed by atoms with E-state index in [1.165, 1.54) is 12.7 Å². The zero-order valence-corrected chi connectivity index (χ0v) is 9.78. The van der Waals surface area contributed by atoms with Crippen molar-refractivity contribution in [1.82, 2.24) is 5.32 Å². The molecule has 1 aromatic heterocycles. The van der Waals surface area contributed by atoms with Crippen LogP contribution in [0.15, 0.2) is 22.8 Å². The van der Waals surface area contributed by atoms with E-state index in [9.17, 15) is 9.59 Å². The lowest BCUT2D eigenvalue weighted by molar-refractivity contribution is -0.125. The van der Waals surface area contributed by atoms with Crippen molar-refractivity contribution >= 4 is 11.7 Å². The second kappa shape index (κ2) is 5.66. The first-order valence-electron chi connectivity index (χ1n) is 6.12. The molecule has 1 fully saturated rings. The number of carbonyl (C=O) groups is 2. The third kappa shape index (κ3) is 3.19. The zero-order valence-electron chi connectivity index (χ0n) is 9.78. The van der Waals surface area contributed by atoms with Gasteiger partial charge in [0.25, 0.3) is 0 Å². The molecule has 0 radical (unpaired) electrons. The lowest BCUT2D eigenvalue weighted by Gasteiger charge is -2.20. The zero-order chi connectivity index (χ0) is 12.1. The molecule has 1 amide bonds. The average Bonchev–Trinajstić information content (AvgIpc) is 2.90. The molecule has 1 saturated carbocycles. The van der Waals surface area contributed by atoms with E-state index in [1.807, 2.05) is 0 Å². The Kier molecular flexibility index (Phi) is 3.96. The monoisotopic (exact) mass is 235 g/mol. The molecule has 1 heterocycles. The quantitative estimate of drug-likeness (QED) is 0.813. The summed E-state index contributed by atoms with van der Waals surface area (Å²) in [6.07, 6.45) is 6.79. The number of hydrogen-bond donors (Lipinski definition) is 1. The van der Waals surface area contributed by atoms with Crippen molar-refractivity contribution in [2.45, 2.75) is 32.1 Å². The first-order chi connectivity index (χ1) is 8.27. The lowest BCUT2D eigenvalue weighted by Crippen LogP contribution is -2.35. The molecule has 0 unspecified atom stereocenters. The maximum absolute atomic E-state index is 11.8. The largest absolute Gasteiger partial charge is 0.461 e. The Morgan fingerprint density at radius 3 is 2.71 bits per heavy atom. The van der Waals surface area contributed by atoms with E-state index in [-0.39, 0.29) is 24.2 Å². The van der Waals surface area contributed by atoms with Crippen LogP contribution in [0.3, 0.4) is 0 Å². The van der Waals surface area contributed by atoms with E-state index in [0.29, 0.717) is 5.76 Å². The van der Waals surface area contributed by atoms with Crippen LogP contribution < -0.4 is 5.32 Å². The van der Waals surface area contributed by atoms with Gasteiger partial charge in [-0.25, -0.2) is 0 Å². The van der Waals surface area contributed by atoms with Gasteiger partial charge in [0.2, 0.25) is 11.7 Å². The number of rotatable bonds is 4. The minimum absolute atomic E-state index is 0.00426. The third-order valence-corrected chi connectivity index (χ3v) is 3.20. The summed E-state index contributed by atoms with van der Waals surface area (Å²) in [4.78, 5) is 23.4. The number of nitrogens with one attached hydrogen (secondary N) is 1. The molecule has 0 aromatic carbocycles. The molecule has 1 aromatic rings. The summed E-state index contributed by atoms with van der Waals surface area (Å²) in [5.41, 5.74) is 0. The Bertz CT molecular complexity index is 377. The van der Waals surface area contributed by atoms with Gasteiger partial charge in [0.1, 0.15) is 0 Å². The molecule has 0 saturated heterocycles. The van der Waals surface area contributed by atoms with Gasteiger partial charge >= 0.3 is 0 Å². The molecule has 17 heavy (non-hydrogen) atoms. The van der Waals surface area contributed by atoms with Gasteiger partial charge in [-0.1, -0.05) is 19.3 Å². The first-order valence-corrected chi connectivity index (χ1v) is 6.12. The number of ketones is 1. The molecule has 2 rings (SSSR count). The molecule has 0 spiro atoms. The predicted octanol–water partition coefficient (Wildman–Crippen LogP) is 2.16. The third-order valence-electron chi connectivity index (χ3n) is 3.20. The Hall–Kier alpha value is -1.58. The van der Waals surface area contributed by atoms with Crippen molar-refractivity contribution in [3.63, 3.8) is 0 Å². The van der Waals surface area contributed by atoms with Crippen molar-refractivity contribution in [3.8, 4) is 0 Å². The molecule has 92 valence electrons. The van der Waals surface area contributed by atoms with Crippen molar-refractivity contribution in [3.05, 3.63) is 24.2 Å². The van der Waals surface area contributed by atoms with Gasteiger partial charge in [0, 0.05) is 5.92 Å². The maximum atomic E-state index is 11.8. The van der Waals surface area contributed by atoms with Gasteiger partial charge < -0.3 is 9.73 Å². The van der Waals surface area contributed by atoms with Gasteiger partial charge in [-0.3, -0.25) is 9.59 Å². The van der Waals surface area contributed by atoms with Crippen molar-refractivity contribution < 1.29 is 14.0 Å². The molecular formula is C13H17NO3. The van der Waals surface area contributed by atoms with Crippen LogP contribution in [0.25, 0.3) is 0 Å². The molecule has 4 heteroatoms. The highest BCUT2D eigenvalue weighted by Crippen LogP contribution is 2.23. The van der Waals surface area contributed by atoms with Crippen molar-refractivity contribution in [2.75, 3.05) is 6.54 Å². The number of carbonyl (C=O) groups excluding carboxylic acids is 2. The predicted molar refractivity (Wildman–Crippen MR) is 62.6 cm³/mol. The Morgan fingerprint density at radius 1 is 1.29 bits per heavy atom. The standard InChI is InChI=1S/C13H17NO3/c15-11(12-7-4-8-17-12)9-14-13(16)10-5-2-1-3-6-10/h4,7-8,10H,1-3,5-6,9H2,(H,14,16). The van der Waals surface area contributed by atoms with Gasteiger partial charge in [0.05, 0.1) is 12.8 Å². The summed E-state index contributed by atoms with van der Waals surface area (Å²) in [6, 6.07) is 3.27. The van der Waals surface area contributed by atoms with Gasteiger partial charge in [0.15, 0.2) is 5.76 Å². The average molecular weight is 235 g/mol. The molecule has 1 aliphatic carbocycles. The van der Waals surface area contributed by atoms with E-state index in [2.05, 4.69) is 5.32 Å². The molecule has 4 nitrogen and oxygen atoms in total. The highest BCUT2D eigenvalue weighted by molar-refractivity contribution is 5.97. The molecule has 1 N–H and O–H groups in total. The Balaban J connectivity index is 1.77. The minimum atomic E-state index is -0.181. The Morgan fingerprint density at radius 2 is 2.06 bits per heavy atom. The smallest absolute Gasteiger partial charge is 0.223 e. The summed E-state index contributed by atoms with van der Waals surface area (Å²) in [5.74, 6) is 0.214. The number of hydrogen-bond acceptors (Lipinski definition) is 3. The fourth-order valence-corrected chi connectivity index (χ4v) is 2.20. The lowest BCUT2D eigenvalue weighted by atomic mass is 9.89. The van der Waals surface area contributed by atoms with Crippen LogP contribution in [-0.2, 0) is 4.79 Å². The highest BCUT2D eigenvalue weighted by Gasteiger charge is 2.21. The fourth-order valence-electron chi connectivity index (χ4n) is 2.20. The van der Waals surface area contributed by atoms with Crippen LogP contribution in [-0.4, -0.2) is 18.2 Å². The van der Waals surface area contributed by atoms with Crippen LogP contribution in [0.5, 0.6) is 0 Å². The highest BCUT2D eigenvalue weighted by atomic mass is 16.3. The normalized spacial score (nSPS) is 16.7. The topological polar surface area (TPSA) is 59.3 Å². The SMILES string of the molecule is O=C(CNC(=O)C1CCCCC1)c1ccco1. The van der Waals surface area contributed by atoms with Crippen LogP contribution in [0.4, 0.5) is 0 Å². The van der Waals surface area contributed by atoms with E-state index >= 15 is 0 Å². The molecular weight excluding hydrogens is 218 g/mol. The van der Waals surface area contributed by atoms with Crippen LogP contribution in [0.1, 0.15) is 42.7 Å². The molecule has 0 atom stereocenters.